The second-order valence-corrected chi connectivity index (χ2v) is 12.8. The smallest absolute Gasteiger partial charge is 0.0609 e. The lowest BCUT2D eigenvalue weighted by Gasteiger charge is -2.21. The van der Waals surface area contributed by atoms with Gasteiger partial charge < -0.3 is 0 Å². The monoisotopic (exact) mass is 340 g/mol. The van der Waals surface area contributed by atoms with Crippen LogP contribution >= 0.6 is 47.0 Å². The molecule has 2 heterocycles. The Kier molecular flexibility index (Phi) is 2.74. The highest BCUT2D eigenvalue weighted by Crippen LogP contribution is 2.69. The van der Waals surface area contributed by atoms with Gasteiger partial charge in [-0.05, 0) is 62.2 Å². The maximum Gasteiger partial charge on any atom is 0.0609 e. The molecular formula is C16H20S4. The van der Waals surface area contributed by atoms with Crippen molar-refractivity contribution in [3.8, 4) is 0 Å². The summed E-state index contributed by atoms with van der Waals surface area (Å²) < 4.78 is 3.53. The van der Waals surface area contributed by atoms with E-state index in [1.54, 1.807) is 21.3 Å². The van der Waals surface area contributed by atoms with Gasteiger partial charge in [0.05, 0.1) is 8.47 Å². The summed E-state index contributed by atoms with van der Waals surface area (Å²) in [5.74, 6) is 4.31. The Bertz CT molecular complexity index is 417. The van der Waals surface area contributed by atoms with E-state index >= 15 is 0 Å². The highest BCUT2D eigenvalue weighted by Gasteiger charge is 2.56. The van der Waals surface area contributed by atoms with Crippen molar-refractivity contribution in [2.45, 2.75) is 59.5 Å². The van der Waals surface area contributed by atoms with Crippen molar-refractivity contribution < 1.29 is 0 Å². The average Bonchev–Trinajstić information content (AvgIpc) is 3.22. The van der Waals surface area contributed by atoms with Crippen molar-refractivity contribution >= 4 is 47.0 Å². The minimum absolute atomic E-state index is 1.000. The van der Waals surface area contributed by atoms with E-state index in [0.29, 0.717) is 0 Å². The molecule has 2 saturated heterocycles. The summed E-state index contributed by atoms with van der Waals surface area (Å²) >= 11 is 9.22. The Labute approximate surface area is 138 Å². The SMILES string of the molecule is C1C[C@H]2C[C@H]1[C@H]1SC(=C3S[C@@H]4[C@@H]5CC[C@@H](C5)[C@@H]4S3)S[C@H]21. The predicted molar refractivity (Wildman–Crippen MR) is 94.2 cm³/mol. The highest BCUT2D eigenvalue weighted by atomic mass is 32.2. The van der Waals surface area contributed by atoms with E-state index < -0.39 is 0 Å². The standard InChI is InChI=1S/C16H20S4/c1-2-8-5-7(1)11-12(8)18-15(17-11)16-19-13-9-3-4-10(6-9)14(13)20-16/h7-14H,1-6H2/t7-,8-,9-,10+,11+,12+,13-,14+/m0/s1. The summed E-state index contributed by atoms with van der Waals surface area (Å²) in [6.45, 7) is 0. The number of hydrogen-bond acceptors (Lipinski definition) is 4. The minimum atomic E-state index is 1.000. The highest BCUT2D eigenvalue weighted by molar-refractivity contribution is 8.31. The van der Waals surface area contributed by atoms with Crippen molar-refractivity contribution in [3.05, 3.63) is 8.47 Å². The first-order valence-corrected chi connectivity index (χ1v) is 11.8. The quantitative estimate of drug-likeness (QED) is 0.578. The van der Waals surface area contributed by atoms with Crippen LogP contribution in [0.1, 0.15) is 38.5 Å². The molecule has 0 aromatic heterocycles. The Morgan fingerprint density at radius 3 is 1.10 bits per heavy atom. The third-order valence-corrected chi connectivity index (χ3v) is 14.2. The van der Waals surface area contributed by atoms with E-state index in [1.165, 1.54) is 25.7 Å². The topological polar surface area (TPSA) is 0 Å². The normalized spacial score (nSPS) is 58.8. The number of fused-ring (bicyclic) bond motifs is 10. The zero-order valence-electron chi connectivity index (χ0n) is 11.5. The van der Waals surface area contributed by atoms with E-state index in [0.717, 1.165) is 44.7 Å². The molecule has 20 heavy (non-hydrogen) atoms. The van der Waals surface area contributed by atoms with Gasteiger partial charge in [-0.25, -0.2) is 0 Å². The average molecular weight is 341 g/mol. The summed E-state index contributed by atoms with van der Waals surface area (Å²) in [7, 11) is 0. The van der Waals surface area contributed by atoms with Gasteiger partial charge in [-0.3, -0.25) is 0 Å². The lowest BCUT2D eigenvalue weighted by atomic mass is 10.00. The van der Waals surface area contributed by atoms with Crippen LogP contribution < -0.4 is 0 Å². The van der Waals surface area contributed by atoms with Crippen molar-refractivity contribution in [3.63, 3.8) is 0 Å². The summed E-state index contributed by atoms with van der Waals surface area (Å²) in [5, 5.41) is 4.00. The summed E-state index contributed by atoms with van der Waals surface area (Å²) in [4.78, 5) is 0. The zero-order chi connectivity index (χ0) is 12.8. The molecule has 0 aromatic rings. The van der Waals surface area contributed by atoms with Gasteiger partial charge in [-0.15, -0.1) is 47.0 Å². The Morgan fingerprint density at radius 1 is 0.500 bits per heavy atom. The molecule has 4 bridgehead atoms. The van der Waals surface area contributed by atoms with Gasteiger partial charge in [0.2, 0.25) is 0 Å². The van der Waals surface area contributed by atoms with Gasteiger partial charge in [-0.1, -0.05) is 0 Å². The van der Waals surface area contributed by atoms with Crippen molar-refractivity contribution in [1.29, 1.82) is 0 Å². The lowest BCUT2D eigenvalue weighted by molar-refractivity contribution is 0.508. The van der Waals surface area contributed by atoms with Gasteiger partial charge in [0.15, 0.2) is 0 Å². The maximum atomic E-state index is 2.30. The van der Waals surface area contributed by atoms with Crippen LogP contribution in [0.25, 0.3) is 0 Å². The molecule has 0 nitrogen and oxygen atoms in total. The predicted octanol–water partition coefficient (Wildman–Crippen LogP) is 5.41. The second-order valence-electron chi connectivity index (χ2n) is 7.57. The third-order valence-electron chi connectivity index (χ3n) is 6.67. The number of thioether (sulfide) groups is 4. The molecule has 6 rings (SSSR count). The summed E-state index contributed by atoms with van der Waals surface area (Å²) in [5.41, 5.74) is 0. The summed E-state index contributed by atoms with van der Waals surface area (Å²) in [6, 6.07) is 0. The molecular weight excluding hydrogens is 320 g/mol. The molecule has 0 unspecified atom stereocenters. The first kappa shape index (κ1) is 12.5. The minimum Gasteiger partial charge on any atom is -0.113 e. The van der Waals surface area contributed by atoms with Crippen LogP contribution in [-0.2, 0) is 0 Å². The number of hydrogen-bond donors (Lipinski definition) is 0. The molecule has 0 amide bonds. The van der Waals surface area contributed by atoms with Gasteiger partial charge in [0, 0.05) is 21.0 Å². The summed E-state index contributed by atoms with van der Waals surface area (Å²) in [6.07, 6.45) is 9.28. The molecule has 108 valence electrons. The van der Waals surface area contributed by atoms with Crippen LogP contribution in [0.5, 0.6) is 0 Å². The molecule has 8 atom stereocenters. The van der Waals surface area contributed by atoms with E-state index in [9.17, 15) is 0 Å². The van der Waals surface area contributed by atoms with Crippen LogP contribution in [0.15, 0.2) is 8.47 Å². The fourth-order valence-corrected chi connectivity index (χ4v) is 13.9. The van der Waals surface area contributed by atoms with Gasteiger partial charge >= 0.3 is 0 Å². The molecule has 4 aliphatic carbocycles. The van der Waals surface area contributed by atoms with Crippen molar-refractivity contribution in [2.75, 3.05) is 0 Å². The molecule has 2 aliphatic heterocycles. The van der Waals surface area contributed by atoms with Crippen LogP contribution in [0.4, 0.5) is 0 Å². The van der Waals surface area contributed by atoms with Crippen molar-refractivity contribution in [2.24, 2.45) is 23.7 Å². The van der Waals surface area contributed by atoms with E-state index in [1.807, 2.05) is 0 Å². The van der Waals surface area contributed by atoms with Crippen LogP contribution in [0.2, 0.25) is 0 Å². The van der Waals surface area contributed by atoms with Crippen LogP contribution in [0, 0.1) is 23.7 Å². The lowest BCUT2D eigenvalue weighted by Crippen LogP contribution is -2.22. The first-order chi connectivity index (χ1) is 9.87. The Morgan fingerprint density at radius 2 is 0.800 bits per heavy atom. The third kappa shape index (κ3) is 1.58. The van der Waals surface area contributed by atoms with E-state index in [-0.39, 0.29) is 0 Å². The van der Waals surface area contributed by atoms with Gasteiger partial charge in [0.25, 0.3) is 0 Å². The molecule has 6 fully saturated rings. The fraction of sp³-hybridized carbons (Fsp3) is 0.875. The molecule has 0 spiro atoms. The largest absolute Gasteiger partial charge is 0.113 e. The molecule has 0 radical (unpaired) electrons. The Balaban J connectivity index is 1.29. The molecule has 0 N–H and O–H groups in total. The Hall–Kier alpha value is 1.14. The van der Waals surface area contributed by atoms with Crippen LogP contribution in [0.3, 0.4) is 0 Å². The maximum absolute atomic E-state index is 2.30. The van der Waals surface area contributed by atoms with E-state index in [4.69, 9.17) is 0 Å². The van der Waals surface area contributed by atoms with Gasteiger partial charge in [0.1, 0.15) is 0 Å². The van der Waals surface area contributed by atoms with E-state index in [2.05, 4.69) is 47.0 Å². The first-order valence-electron chi connectivity index (χ1n) is 8.28. The number of rotatable bonds is 0. The zero-order valence-corrected chi connectivity index (χ0v) is 14.8. The molecule has 6 aliphatic rings. The van der Waals surface area contributed by atoms with Crippen LogP contribution in [-0.4, -0.2) is 21.0 Å². The van der Waals surface area contributed by atoms with Gasteiger partial charge in [-0.2, -0.15) is 0 Å². The molecule has 4 heteroatoms. The fourth-order valence-electron chi connectivity index (χ4n) is 5.77. The van der Waals surface area contributed by atoms with Crippen molar-refractivity contribution in [1.82, 2.24) is 0 Å². The molecule has 0 aromatic carbocycles. The second kappa shape index (κ2) is 4.36. The molecule has 4 saturated carbocycles.